The molecule has 2 N–H and O–H groups in total. The average Bonchev–Trinajstić information content (AvgIpc) is 2.28. The maximum Gasteiger partial charge on any atom is 0.102 e. The Hall–Kier alpha value is -0.630. The summed E-state index contributed by atoms with van der Waals surface area (Å²) in [6, 6.07) is 2.12. The first-order chi connectivity index (χ1) is 7.53. The molecular weight excluding hydrogens is 202 g/mol. The van der Waals surface area contributed by atoms with Gasteiger partial charge in [0.25, 0.3) is 0 Å². The molecule has 1 fully saturated rings. The van der Waals surface area contributed by atoms with E-state index in [0.29, 0.717) is 12.5 Å². The molecular formula is C12H23N3O. The first kappa shape index (κ1) is 13.4. The van der Waals surface area contributed by atoms with E-state index in [2.05, 4.69) is 18.0 Å². The lowest BCUT2D eigenvalue weighted by molar-refractivity contribution is -0.00194. The van der Waals surface area contributed by atoms with E-state index in [1.165, 1.54) is 12.8 Å². The number of nitrogens with two attached hydrogens (primary N) is 1. The van der Waals surface area contributed by atoms with Crippen molar-refractivity contribution in [3.8, 4) is 6.07 Å². The lowest BCUT2D eigenvalue weighted by Crippen LogP contribution is -2.40. The zero-order chi connectivity index (χ0) is 12.0. The summed E-state index contributed by atoms with van der Waals surface area (Å²) in [5, 5.41) is 8.81. The second-order valence-electron chi connectivity index (χ2n) is 5.03. The number of nitrogens with zero attached hydrogens (tertiary/aromatic N) is 2. The summed E-state index contributed by atoms with van der Waals surface area (Å²) in [6.45, 7) is 4.46. The fraction of sp³-hybridized carbons (Fsp3) is 0.917. The molecule has 0 aromatic rings. The SMILES string of the molecule is CN(CCC(C)(N)C#N)CC1CCCCO1. The van der Waals surface area contributed by atoms with E-state index in [9.17, 15) is 0 Å². The van der Waals surface area contributed by atoms with E-state index in [1.54, 1.807) is 6.92 Å². The number of hydrogen-bond donors (Lipinski definition) is 1. The van der Waals surface area contributed by atoms with Crippen molar-refractivity contribution in [1.82, 2.24) is 4.90 Å². The van der Waals surface area contributed by atoms with Gasteiger partial charge in [-0.3, -0.25) is 0 Å². The Morgan fingerprint density at radius 3 is 2.88 bits per heavy atom. The molecule has 0 radical (unpaired) electrons. The van der Waals surface area contributed by atoms with Crippen LogP contribution >= 0.6 is 0 Å². The number of hydrogen-bond acceptors (Lipinski definition) is 4. The van der Waals surface area contributed by atoms with E-state index in [1.807, 2.05) is 0 Å². The molecule has 2 unspecified atom stereocenters. The van der Waals surface area contributed by atoms with Gasteiger partial charge >= 0.3 is 0 Å². The van der Waals surface area contributed by atoms with Crippen LogP contribution in [0.1, 0.15) is 32.6 Å². The number of rotatable bonds is 5. The molecule has 1 rings (SSSR count). The number of likely N-dealkylation sites (N-methyl/N-ethyl adjacent to an activating group) is 1. The summed E-state index contributed by atoms with van der Waals surface area (Å²) >= 11 is 0. The molecule has 16 heavy (non-hydrogen) atoms. The summed E-state index contributed by atoms with van der Waals surface area (Å²) in [5.74, 6) is 0. The van der Waals surface area contributed by atoms with Gasteiger partial charge in [0.05, 0.1) is 12.2 Å². The minimum absolute atomic E-state index is 0.366. The normalized spacial score (nSPS) is 25.1. The van der Waals surface area contributed by atoms with E-state index in [-0.39, 0.29) is 0 Å². The van der Waals surface area contributed by atoms with Gasteiger partial charge in [-0.05, 0) is 39.7 Å². The Morgan fingerprint density at radius 2 is 2.31 bits per heavy atom. The zero-order valence-electron chi connectivity index (χ0n) is 10.4. The predicted octanol–water partition coefficient (Wildman–Crippen LogP) is 1.12. The quantitative estimate of drug-likeness (QED) is 0.761. The van der Waals surface area contributed by atoms with Crippen LogP contribution in [-0.4, -0.2) is 43.3 Å². The molecule has 1 heterocycles. The molecule has 1 saturated heterocycles. The van der Waals surface area contributed by atoms with Gasteiger partial charge < -0.3 is 15.4 Å². The van der Waals surface area contributed by atoms with Crippen molar-refractivity contribution in [3.63, 3.8) is 0 Å². The number of ether oxygens (including phenoxy) is 1. The molecule has 0 amide bonds. The second-order valence-corrected chi connectivity index (χ2v) is 5.03. The monoisotopic (exact) mass is 225 g/mol. The predicted molar refractivity (Wildman–Crippen MR) is 63.9 cm³/mol. The van der Waals surface area contributed by atoms with Gasteiger partial charge in [-0.1, -0.05) is 0 Å². The Labute approximate surface area is 98.4 Å². The summed E-state index contributed by atoms with van der Waals surface area (Å²) in [4.78, 5) is 2.21. The molecule has 0 saturated carbocycles. The van der Waals surface area contributed by atoms with Crippen molar-refractivity contribution in [3.05, 3.63) is 0 Å². The molecule has 92 valence electrons. The lowest BCUT2D eigenvalue weighted by Gasteiger charge is -2.28. The fourth-order valence-electron chi connectivity index (χ4n) is 1.87. The van der Waals surface area contributed by atoms with Crippen LogP contribution in [0.3, 0.4) is 0 Å². The summed E-state index contributed by atoms with van der Waals surface area (Å²) in [6.07, 6.45) is 4.68. The van der Waals surface area contributed by atoms with E-state index in [4.69, 9.17) is 15.7 Å². The molecule has 4 nitrogen and oxygen atoms in total. The molecule has 4 heteroatoms. The van der Waals surface area contributed by atoms with Crippen LogP contribution in [0.2, 0.25) is 0 Å². The standard InChI is InChI=1S/C12H23N3O/c1-12(14,10-13)6-7-15(2)9-11-5-3-4-8-16-11/h11H,3-9,14H2,1-2H3. The van der Waals surface area contributed by atoms with Crippen molar-refractivity contribution in [2.45, 2.75) is 44.2 Å². The second kappa shape index (κ2) is 6.19. The zero-order valence-corrected chi connectivity index (χ0v) is 10.4. The third-order valence-electron chi connectivity index (χ3n) is 3.06. The smallest absolute Gasteiger partial charge is 0.102 e. The van der Waals surface area contributed by atoms with Gasteiger partial charge in [-0.15, -0.1) is 0 Å². The van der Waals surface area contributed by atoms with Crippen LogP contribution < -0.4 is 5.73 Å². The van der Waals surface area contributed by atoms with Crippen molar-refractivity contribution in [2.24, 2.45) is 5.73 Å². The molecule has 0 aromatic carbocycles. The molecule has 1 aliphatic heterocycles. The highest BCUT2D eigenvalue weighted by Crippen LogP contribution is 2.14. The Bertz CT molecular complexity index is 241. The van der Waals surface area contributed by atoms with Gasteiger partial charge in [-0.2, -0.15) is 5.26 Å². The van der Waals surface area contributed by atoms with Gasteiger partial charge in [-0.25, -0.2) is 0 Å². The van der Waals surface area contributed by atoms with Crippen molar-refractivity contribution < 1.29 is 4.74 Å². The maximum atomic E-state index is 8.81. The maximum absolute atomic E-state index is 8.81. The third-order valence-corrected chi connectivity index (χ3v) is 3.06. The Kier molecular flexibility index (Phi) is 5.20. The van der Waals surface area contributed by atoms with Gasteiger partial charge in [0.15, 0.2) is 0 Å². The number of nitriles is 1. The van der Waals surface area contributed by atoms with Crippen molar-refractivity contribution >= 4 is 0 Å². The van der Waals surface area contributed by atoms with Crippen LogP contribution in [0.4, 0.5) is 0 Å². The molecule has 2 atom stereocenters. The Balaban J connectivity index is 2.20. The lowest BCUT2D eigenvalue weighted by atomic mass is 10.0. The highest BCUT2D eigenvalue weighted by molar-refractivity contribution is 5.01. The first-order valence-electron chi connectivity index (χ1n) is 6.04. The van der Waals surface area contributed by atoms with Crippen LogP contribution in [-0.2, 0) is 4.74 Å². The molecule has 0 aromatic heterocycles. The Morgan fingerprint density at radius 1 is 1.56 bits per heavy atom. The highest BCUT2D eigenvalue weighted by Gasteiger charge is 2.20. The van der Waals surface area contributed by atoms with E-state index >= 15 is 0 Å². The topological polar surface area (TPSA) is 62.3 Å². The van der Waals surface area contributed by atoms with E-state index in [0.717, 1.165) is 26.1 Å². The van der Waals surface area contributed by atoms with Crippen LogP contribution in [0, 0.1) is 11.3 Å². The molecule has 0 bridgehead atoms. The van der Waals surface area contributed by atoms with Crippen LogP contribution in [0.15, 0.2) is 0 Å². The summed E-state index contributed by atoms with van der Waals surface area (Å²) in [7, 11) is 2.06. The van der Waals surface area contributed by atoms with Gasteiger partial charge in [0, 0.05) is 19.7 Å². The summed E-state index contributed by atoms with van der Waals surface area (Å²) in [5.41, 5.74) is 5.07. The van der Waals surface area contributed by atoms with E-state index < -0.39 is 5.54 Å². The van der Waals surface area contributed by atoms with Crippen LogP contribution in [0.5, 0.6) is 0 Å². The molecule has 0 spiro atoms. The van der Waals surface area contributed by atoms with Gasteiger partial charge in [0.2, 0.25) is 0 Å². The highest BCUT2D eigenvalue weighted by atomic mass is 16.5. The largest absolute Gasteiger partial charge is 0.377 e. The van der Waals surface area contributed by atoms with Crippen LogP contribution in [0.25, 0.3) is 0 Å². The summed E-state index contributed by atoms with van der Waals surface area (Å²) < 4.78 is 5.67. The van der Waals surface area contributed by atoms with Gasteiger partial charge in [0.1, 0.15) is 5.54 Å². The minimum atomic E-state index is -0.707. The molecule has 0 aliphatic carbocycles. The first-order valence-corrected chi connectivity index (χ1v) is 6.04. The fourth-order valence-corrected chi connectivity index (χ4v) is 1.87. The minimum Gasteiger partial charge on any atom is -0.377 e. The third kappa shape index (κ3) is 4.93. The molecule has 1 aliphatic rings. The average molecular weight is 225 g/mol. The van der Waals surface area contributed by atoms with Crippen molar-refractivity contribution in [1.29, 1.82) is 5.26 Å². The van der Waals surface area contributed by atoms with Crippen molar-refractivity contribution in [2.75, 3.05) is 26.7 Å².